The van der Waals surface area contributed by atoms with Gasteiger partial charge in [-0.25, -0.2) is 0 Å². The molecule has 0 spiro atoms. The van der Waals surface area contributed by atoms with E-state index >= 15 is 0 Å². The molecule has 1 nitrogen and oxygen atoms in total. The van der Waals surface area contributed by atoms with Gasteiger partial charge >= 0.3 is 29.6 Å². The minimum absolute atomic E-state index is 0. The third kappa shape index (κ3) is 49.9. The quantitative estimate of drug-likeness (QED) is 0.0249. The van der Waals surface area contributed by atoms with Crippen LogP contribution < -0.4 is 34.9 Å². The number of benzene rings is 5. The van der Waals surface area contributed by atoms with Gasteiger partial charge < -0.3 is 5.32 Å². The Morgan fingerprint density at radius 3 is 1.40 bits per heavy atom. The molecule has 0 radical (unpaired) electrons. The Bertz CT molecular complexity index is 1920. The third-order valence-corrected chi connectivity index (χ3v) is 11.6. The predicted octanol–water partition coefficient (Wildman–Crippen LogP) is 20.4. The number of rotatable bonds is 17. The monoisotopic (exact) mass is 1050 g/mol. The molecule has 2 atom stereocenters. The van der Waals surface area contributed by atoms with Gasteiger partial charge in [0.1, 0.15) is 0 Å². The average Bonchev–Trinajstić information content (AvgIpc) is 3.40. The molecule has 0 heterocycles. The number of aryl methyl sites for hydroxylation is 4. The van der Waals surface area contributed by atoms with Gasteiger partial charge in [-0.05, 0) is 124 Å². The molecule has 5 aromatic carbocycles. The molecule has 0 aliphatic carbocycles. The number of allylic oxidation sites excluding steroid dienone is 5. The standard InChI is InChI=1S/C25H30.C12H26.C8H9.C7H8S.C6H6.C5H13N.C4H10.C3H8.C2H6.Na/c1-7-10-21-11-9-12-23(17-21)25(24(8-2)18(3)4)20(6)22-15-13-19(5)14-16-22;1-5-7-11(3)9-10-12(4)8-6-2;1-7-3-5-8(2)6-4-7;1-8-7-5-3-2-4-6-7;1-2-4-6-5-3-1;1-3-4-5-6-2;1-4(2)3;1-3-2;1-2;/h8-9,11-17H,2,7,10H2,1,3-6H3;11-12H,5-10H2,1-4H3;3-5H,1-2H3;2-6H,1H3;1-6H;6H,3-5H2,1-2H3;4H,1-3H3;3H2,1-2H3;1-2H3;/q;;-1;;;;;;;+1/b25-20+;;;;;;;;;. The topological polar surface area (TPSA) is 12.0 Å². The molecule has 0 amide bonds. The van der Waals surface area contributed by atoms with Gasteiger partial charge in [0.2, 0.25) is 0 Å². The molecule has 1 N–H and O–H groups in total. The zero-order valence-electron chi connectivity index (χ0n) is 53.1. The van der Waals surface area contributed by atoms with E-state index in [4.69, 9.17) is 0 Å². The van der Waals surface area contributed by atoms with Crippen molar-refractivity contribution in [3.63, 3.8) is 0 Å². The fraction of sp³-hybridized carbons (Fsp3) is 0.500. The van der Waals surface area contributed by atoms with Crippen LogP contribution in [0.15, 0.2) is 162 Å². The summed E-state index contributed by atoms with van der Waals surface area (Å²) in [6.07, 6.45) is 18.6. The summed E-state index contributed by atoms with van der Waals surface area (Å²) in [5, 5.41) is 3.07. The summed E-state index contributed by atoms with van der Waals surface area (Å²) in [7, 11) is 1.98. The Labute approximate surface area is 495 Å². The number of unbranched alkanes of at least 4 members (excludes halogenated alkanes) is 1. The van der Waals surface area contributed by atoms with Gasteiger partial charge in [0, 0.05) is 4.90 Å². The first kappa shape index (κ1) is 80.5. The molecule has 5 aromatic rings. The molecule has 0 aliphatic heterocycles. The van der Waals surface area contributed by atoms with Crippen LogP contribution in [-0.4, -0.2) is 19.8 Å². The second-order valence-corrected chi connectivity index (χ2v) is 20.8. The molecular formula is C72H116NNaS. The zero-order chi connectivity index (χ0) is 57.0. The fourth-order valence-corrected chi connectivity index (χ4v) is 7.40. The van der Waals surface area contributed by atoms with E-state index in [0.717, 1.165) is 37.1 Å². The van der Waals surface area contributed by atoms with E-state index in [9.17, 15) is 0 Å². The Balaban J connectivity index is -0.000000275. The molecule has 0 aromatic heterocycles. The minimum Gasteiger partial charge on any atom is -0.320 e. The van der Waals surface area contributed by atoms with Gasteiger partial charge in [0.05, 0.1) is 0 Å². The van der Waals surface area contributed by atoms with Crippen molar-refractivity contribution in [2.45, 2.75) is 207 Å². The first-order valence-corrected chi connectivity index (χ1v) is 30.0. The number of nitrogens with one attached hydrogen (secondary N) is 1. The molecule has 0 bridgehead atoms. The Morgan fingerprint density at radius 1 is 0.600 bits per heavy atom. The van der Waals surface area contributed by atoms with Crippen LogP contribution in [0.25, 0.3) is 11.1 Å². The molecule has 0 saturated carbocycles. The van der Waals surface area contributed by atoms with Crippen molar-refractivity contribution in [3.8, 4) is 0 Å². The van der Waals surface area contributed by atoms with Crippen LogP contribution in [-0.2, 0) is 6.42 Å². The predicted molar refractivity (Wildman–Crippen MR) is 346 cm³/mol. The summed E-state index contributed by atoms with van der Waals surface area (Å²) in [5.41, 5.74) is 12.8. The summed E-state index contributed by atoms with van der Waals surface area (Å²) in [5.74, 6) is 2.74. The molecule has 3 heteroatoms. The molecular weight excluding hydrogens is 934 g/mol. The largest absolute Gasteiger partial charge is 1.00 e. The van der Waals surface area contributed by atoms with Crippen molar-refractivity contribution in [1.29, 1.82) is 0 Å². The van der Waals surface area contributed by atoms with E-state index in [0.29, 0.717) is 0 Å². The van der Waals surface area contributed by atoms with E-state index in [1.165, 1.54) is 118 Å². The van der Waals surface area contributed by atoms with Gasteiger partial charge in [-0.2, -0.15) is 35.4 Å². The summed E-state index contributed by atoms with van der Waals surface area (Å²) < 4.78 is 0. The Kier molecular flexibility index (Phi) is 62.6. The van der Waals surface area contributed by atoms with Gasteiger partial charge in [-0.3, -0.25) is 0 Å². The normalized spacial score (nSPS) is 10.6. The van der Waals surface area contributed by atoms with Crippen molar-refractivity contribution < 1.29 is 29.6 Å². The smallest absolute Gasteiger partial charge is 0.320 e. The van der Waals surface area contributed by atoms with Gasteiger partial charge in [0.15, 0.2) is 0 Å². The summed E-state index contributed by atoms with van der Waals surface area (Å²) in [6, 6.07) is 49.3. The maximum Gasteiger partial charge on any atom is 1.00 e. The molecule has 5 rings (SSSR count). The van der Waals surface area contributed by atoms with Crippen LogP contribution in [0.1, 0.15) is 208 Å². The first-order chi connectivity index (χ1) is 35.5. The molecule has 75 heavy (non-hydrogen) atoms. The summed E-state index contributed by atoms with van der Waals surface area (Å²) >= 11 is 1.77. The summed E-state index contributed by atoms with van der Waals surface area (Å²) in [4.78, 5) is 1.33. The summed E-state index contributed by atoms with van der Waals surface area (Å²) in [6.45, 7) is 46.5. The van der Waals surface area contributed by atoms with Gasteiger partial charge in [-0.1, -0.05) is 289 Å². The fourth-order valence-electron chi connectivity index (χ4n) is 6.97. The number of hydrogen-bond acceptors (Lipinski definition) is 2. The first-order valence-electron chi connectivity index (χ1n) is 28.8. The molecule has 0 aliphatic rings. The van der Waals surface area contributed by atoms with Crippen molar-refractivity contribution in [2.75, 3.05) is 19.8 Å². The van der Waals surface area contributed by atoms with Crippen LogP contribution >= 0.6 is 11.8 Å². The molecule has 0 saturated heterocycles. The minimum atomic E-state index is 0. The number of hydrogen-bond donors (Lipinski definition) is 1. The van der Waals surface area contributed by atoms with Crippen LogP contribution in [0.2, 0.25) is 0 Å². The maximum atomic E-state index is 4.09. The third-order valence-electron chi connectivity index (χ3n) is 10.9. The van der Waals surface area contributed by atoms with Crippen molar-refractivity contribution in [3.05, 3.63) is 197 Å². The average molecular weight is 1050 g/mol. The van der Waals surface area contributed by atoms with E-state index < -0.39 is 0 Å². The second kappa shape index (κ2) is 58.3. The van der Waals surface area contributed by atoms with Gasteiger partial charge in [-0.15, -0.1) is 11.8 Å². The van der Waals surface area contributed by atoms with Gasteiger partial charge in [0.25, 0.3) is 0 Å². The van der Waals surface area contributed by atoms with Crippen LogP contribution in [0, 0.1) is 44.6 Å². The van der Waals surface area contributed by atoms with Crippen LogP contribution in [0.3, 0.4) is 0 Å². The van der Waals surface area contributed by atoms with E-state index in [2.05, 4.69) is 208 Å². The zero-order valence-corrected chi connectivity index (χ0v) is 55.9. The van der Waals surface area contributed by atoms with E-state index in [1.807, 2.05) is 94.6 Å². The van der Waals surface area contributed by atoms with Crippen molar-refractivity contribution in [2.24, 2.45) is 17.8 Å². The number of thioether (sulfide) groups is 1. The molecule has 0 fully saturated rings. The molecule has 2 unspecified atom stereocenters. The SMILES string of the molecule is C=CC(=C(C)C)/C(=C(\C)c1ccc(C)cc1)c1cccc(CCC)c1.CC.CC(C)C.CCC.CCCC(C)CCC(C)CCC.CCCCNC.CSc1ccccc1.Cc1[c-]cc(C)cc1.[Na+].c1ccccc1. The second-order valence-electron chi connectivity index (χ2n) is 19.9. The van der Waals surface area contributed by atoms with Crippen molar-refractivity contribution >= 4 is 22.9 Å². The molecule has 416 valence electrons. The Morgan fingerprint density at radius 2 is 1.07 bits per heavy atom. The van der Waals surface area contributed by atoms with E-state index in [1.54, 1.807) is 11.8 Å². The van der Waals surface area contributed by atoms with Crippen LogP contribution in [0.5, 0.6) is 0 Å². The van der Waals surface area contributed by atoms with E-state index in [-0.39, 0.29) is 29.6 Å². The van der Waals surface area contributed by atoms with Crippen molar-refractivity contribution in [1.82, 2.24) is 5.32 Å². The Hall–Kier alpha value is -3.37. The van der Waals surface area contributed by atoms with Crippen LogP contribution in [0.4, 0.5) is 0 Å². The maximum absolute atomic E-state index is 4.09.